The van der Waals surface area contributed by atoms with Gasteiger partial charge in [0.15, 0.2) is 6.61 Å². The molecule has 168 valence electrons. The first-order valence-corrected chi connectivity index (χ1v) is 10.6. The molecule has 8 nitrogen and oxygen atoms in total. The summed E-state index contributed by atoms with van der Waals surface area (Å²) < 4.78 is 16.4. The van der Waals surface area contributed by atoms with Crippen LogP contribution in [0.25, 0.3) is 22.1 Å². The number of fused-ring (bicyclic) bond motifs is 1. The zero-order valence-electron chi connectivity index (χ0n) is 18.2. The second-order valence-electron chi connectivity index (χ2n) is 7.63. The van der Waals surface area contributed by atoms with Crippen molar-refractivity contribution < 1.29 is 23.8 Å². The van der Waals surface area contributed by atoms with E-state index in [0.717, 1.165) is 19.6 Å². The molecule has 32 heavy (non-hydrogen) atoms. The third-order valence-corrected chi connectivity index (χ3v) is 5.77. The standard InChI is InChI=1S/C24H26N2O6/c1-3-25-8-10-26(11-9-25)22(28)15-31-18-12-20(27)23-21(13-18)32-14-19(24(23)29)16-4-6-17(30-2)7-5-16/h4-7,12-14,27H,3,8-11,15H2,1-2H3. The second kappa shape index (κ2) is 9.32. The lowest BCUT2D eigenvalue weighted by Gasteiger charge is -2.33. The summed E-state index contributed by atoms with van der Waals surface area (Å²) in [5.74, 6) is 0.559. The first-order valence-electron chi connectivity index (χ1n) is 10.6. The molecule has 1 saturated heterocycles. The number of hydrogen-bond acceptors (Lipinski definition) is 7. The van der Waals surface area contributed by atoms with Gasteiger partial charge in [0.05, 0.1) is 12.7 Å². The van der Waals surface area contributed by atoms with E-state index in [4.69, 9.17) is 13.9 Å². The number of phenolic OH excluding ortho intramolecular Hbond substituents is 1. The molecule has 0 aliphatic carbocycles. The average molecular weight is 438 g/mol. The lowest BCUT2D eigenvalue weighted by molar-refractivity contribution is -0.135. The van der Waals surface area contributed by atoms with Crippen molar-refractivity contribution in [2.24, 2.45) is 0 Å². The van der Waals surface area contributed by atoms with E-state index >= 15 is 0 Å². The molecule has 2 heterocycles. The number of nitrogens with zero attached hydrogens (tertiary/aromatic N) is 2. The molecule has 1 amide bonds. The Morgan fingerprint density at radius 1 is 1.09 bits per heavy atom. The van der Waals surface area contributed by atoms with Gasteiger partial charge in [-0.1, -0.05) is 19.1 Å². The highest BCUT2D eigenvalue weighted by Crippen LogP contribution is 2.30. The molecule has 0 bridgehead atoms. The fraction of sp³-hybridized carbons (Fsp3) is 0.333. The molecule has 1 aliphatic heterocycles. The van der Waals surface area contributed by atoms with Crippen LogP contribution in [-0.4, -0.2) is 67.3 Å². The Hall–Kier alpha value is -3.52. The summed E-state index contributed by atoms with van der Waals surface area (Å²) >= 11 is 0. The number of carbonyl (C=O) groups is 1. The molecular weight excluding hydrogens is 412 g/mol. The van der Waals surface area contributed by atoms with E-state index in [9.17, 15) is 14.7 Å². The highest BCUT2D eigenvalue weighted by atomic mass is 16.5. The Morgan fingerprint density at radius 3 is 2.47 bits per heavy atom. The van der Waals surface area contributed by atoms with Gasteiger partial charge in [0.2, 0.25) is 5.43 Å². The minimum absolute atomic E-state index is 0.0627. The van der Waals surface area contributed by atoms with Gasteiger partial charge < -0.3 is 28.8 Å². The number of hydrogen-bond donors (Lipinski definition) is 1. The highest BCUT2D eigenvalue weighted by Gasteiger charge is 2.21. The van der Waals surface area contributed by atoms with Crippen LogP contribution in [0.2, 0.25) is 0 Å². The number of carbonyl (C=O) groups excluding carboxylic acids is 1. The Morgan fingerprint density at radius 2 is 1.81 bits per heavy atom. The number of aromatic hydroxyl groups is 1. The fourth-order valence-electron chi connectivity index (χ4n) is 3.81. The summed E-state index contributed by atoms with van der Waals surface area (Å²) in [6.45, 7) is 5.96. The van der Waals surface area contributed by atoms with Crippen molar-refractivity contribution in [3.8, 4) is 28.4 Å². The topological polar surface area (TPSA) is 92.5 Å². The SMILES string of the molecule is CCN1CCN(C(=O)COc2cc(O)c3c(=O)c(-c4ccc(OC)cc4)coc3c2)CC1. The van der Waals surface area contributed by atoms with Crippen LogP contribution < -0.4 is 14.9 Å². The maximum Gasteiger partial charge on any atom is 0.260 e. The molecule has 0 unspecified atom stereocenters. The third-order valence-electron chi connectivity index (χ3n) is 5.77. The zero-order valence-corrected chi connectivity index (χ0v) is 18.2. The maximum absolute atomic E-state index is 13.0. The van der Waals surface area contributed by atoms with Gasteiger partial charge in [0, 0.05) is 38.3 Å². The van der Waals surface area contributed by atoms with Crippen LogP contribution >= 0.6 is 0 Å². The molecule has 1 aliphatic rings. The molecule has 1 aromatic heterocycles. The fourth-order valence-corrected chi connectivity index (χ4v) is 3.81. The monoisotopic (exact) mass is 438 g/mol. The van der Waals surface area contributed by atoms with E-state index < -0.39 is 0 Å². The number of ether oxygens (including phenoxy) is 2. The summed E-state index contributed by atoms with van der Waals surface area (Å²) in [7, 11) is 1.57. The Labute approximate surface area is 185 Å². The van der Waals surface area contributed by atoms with E-state index in [2.05, 4.69) is 11.8 Å². The zero-order chi connectivity index (χ0) is 22.7. The minimum Gasteiger partial charge on any atom is -0.507 e. The largest absolute Gasteiger partial charge is 0.507 e. The van der Waals surface area contributed by atoms with Gasteiger partial charge in [-0.15, -0.1) is 0 Å². The maximum atomic E-state index is 13.0. The van der Waals surface area contributed by atoms with E-state index in [1.807, 2.05) is 0 Å². The van der Waals surface area contributed by atoms with Crippen LogP contribution in [0.4, 0.5) is 0 Å². The van der Waals surface area contributed by atoms with Crippen molar-refractivity contribution in [3.63, 3.8) is 0 Å². The van der Waals surface area contributed by atoms with Crippen LogP contribution in [0.5, 0.6) is 17.2 Å². The number of piperazine rings is 1. The van der Waals surface area contributed by atoms with E-state index in [0.29, 0.717) is 30.0 Å². The van der Waals surface area contributed by atoms with Gasteiger partial charge in [0.25, 0.3) is 5.91 Å². The van der Waals surface area contributed by atoms with Crippen LogP contribution in [0, 0.1) is 0 Å². The number of methoxy groups -OCH3 is 1. The molecule has 1 N–H and O–H groups in total. The quantitative estimate of drug-likeness (QED) is 0.633. The average Bonchev–Trinajstić information content (AvgIpc) is 2.82. The van der Waals surface area contributed by atoms with Crippen LogP contribution in [0.15, 0.2) is 51.9 Å². The van der Waals surface area contributed by atoms with E-state index in [1.165, 1.54) is 18.4 Å². The van der Waals surface area contributed by atoms with Gasteiger partial charge >= 0.3 is 0 Å². The first kappa shape index (κ1) is 21.7. The molecule has 0 radical (unpaired) electrons. The Kier molecular flexibility index (Phi) is 6.32. The molecule has 2 aromatic carbocycles. The predicted molar refractivity (Wildman–Crippen MR) is 120 cm³/mol. The van der Waals surface area contributed by atoms with Gasteiger partial charge in [-0.25, -0.2) is 0 Å². The minimum atomic E-state index is -0.356. The summed E-state index contributed by atoms with van der Waals surface area (Å²) in [6.07, 6.45) is 1.36. The summed E-state index contributed by atoms with van der Waals surface area (Å²) in [5, 5.41) is 10.6. The van der Waals surface area contributed by atoms with Crippen molar-refractivity contribution in [1.29, 1.82) is 0 Å². The molecule has 8 heteroatoms. The van der Waals surface area contributed by atoms with Crippen LogP contribution in [0.3, 0.4) is 0 Å². The summed E-state index contributed by atoms with van der Waals surface area (Å²) in [6, 6.07) is 9.83. The van der Waals surface area contributed by atoms with Crippen LogP contribution in [-0.2, 0) is 4.79 Å². The molecule has 0 spiro atoms. The third kappa shape index (κ3) is 4.40. The number of phenols is 1. The Balaban J connectivity index is 1.51. The van der Waals surface area contributed by atoms with Crippen molar-refractivity contribution in [3.05, 3.63) is 52.9 Å². The van der Waals surface area contributed by atoms with Gasteiger partial charge in [-0.05, 0) is 24.2 Å². The Bertz CT molecular complexity index is 1160. The molecule has 0 atom stereocenters. The normalized spacial score (nSPS) is 14.5. The predicted octanol–water partition coefficient (Wildman–Crippen LogP) is 2.72. The molecule has 3 aromatic rings. The molecule has 4 rings (SSSR count). The van der Waals surface area contributed by atoms with Crippen molar-refractivity contribution >= 4 is 16.9 Å². The summed E-state index contributed by atoms with van der Waals surface area (Å²) in [5.41, 5.74) is 0.803. The first-order chi connectivity index (χ1) is 15.5. The molecule has 0 saturated carbocycles. The van der Waals surface area contributed by atoms with Gasteiger partial charge in [-0.3, -0.25) is 9.59 Å². The van der Waals surface area contributed by atoms with Crippen molar-refractivity contribution in [1.82, 2.24) is 9.80 Å². The van der Waals surface area contributed by atoms with E-state index in [-0.39, 0.29) is 40.4 Å². The molecule has 1 fully saturated rings. The van der Waals surface area contributed by atoms with E-state index in [1.54, 1.807) is 36.3 Å². The van der Waals surface area contributed by atoms with Gasteiger partial charge in [-0.2, -0.15) is 0 Å². The van der Waals surface area contributed by atoms with Crippen molar-refractivity contribution in [2.45, 2.75) is 6.92 Å². The highest BCUT2D eigenvalue weighted by molar-refractivity contribution is 5.88. The smallest absolute Gasteiger partial charge is 0.260 e. The van der Waals surface area contributed by atoms with Crippen molar-refractivity contribution in [2.75, 3.05) is 46.4 Å². The second-order valence-corrected chi connectivity index (χ2v) is 7.63. The lowest BCUT2D eigenvalue weighted by atomic mass is 10.0. The number of benzene rings is 2. The van der Waals surface area contributed by atoms with Crippen LogP contribution in [0.1, 0.15) is 6.92 Å². The summed E-state index contributed by atoms with van der Waals surface area (Å²) in [4.78, 5) is 29.5. The van der Waals surface area contributed by atoms with Gasteiger partial charge in [0.1, 0.15) is 34.5 Å². The number of amides is 1. The molecular formula is C24H26N2O6. The lowest BCUT2D eigenvalue weighted by Crippen LogP contribution is -2.49. The number of rotatable bonds is 6. The number of likely N-dealkylation sites (N-methyl/N-ethyl adjacent to an activating group) is 1.